The molecule has 2 rings (SSSR count). The first kappa shape index (κ1) is 16.5. The summed E-state index contributed by atoms with van der Waals surface area (Å²) in [4.78, 5) is 16.4. The van der Waals surface area contributed by atoms with Crippen molar-refractivity contribution in [3.05, 3.63) is 34.7 Å². The molecule has 1 atom stereocenters. The van der Waals surface area contributed by atoms with Crippen molar-refractivity contribution in [2.45, 2.75) is 32.7 Å². The number of carbonyl (C=O) groups is 1. The maximum absolute atomic E-state index is 12.0. The molecule has 0 bridgehead atoms. The van der Waals surface area contributed by atoms with Crippen molar-refractivity contribution in [2.24, 2.45) is 0 Å². The Hall–Kier alpha value is -1.92. The number of aromatic nitrogens is 1. The van der Waals surface area contributed by atoms with Crippen LogP contribution in [-0.4, -0.2) is 28.3 Å². The molecule has 0 aliphatic heterocycles. The Balaban J connectivity index is 2.01. The molecule has 0 fully saturated rings. The van der Waals surface area contributed by atoms with Crippen LogP contribution in [0.2, 0.25) is 0 Å². The maximum atomic E-state index is 12.0. The molecule has 0 radical (unpaired) electrons. The van der Waals surface area contributed by atoms with Gasteiger partial charge < -0.3 is 15.7 Å². The van der Waals surface area contributed by atoms with E-state index in [0.29, 0.717) is 12.1 Å². The highest BCUT2D eigenvalue weighted by atomic mass is 32.1. The minimum Gasteiger partial charge on any atom is -0.394 e. The lowest BCUT2D eigenvalue weighted by molar-refractivity contribution is 0.172. The van der Waals surface area contributed by atoms with Gasteiger partial charge in [0.2, 0.25) is 0 Å². The zero-order valence-electron chi connectivity index (χ0n) is 13.0. The van der Waals surface area contributed by atoms with E-state index in [2.05, 4.69) is 15.6 Å². The van der Waals surface area contributed by atoms with Gasteiger partial charge >= 0.3 is 6.03 Å². The van der Waals surface area contributed by atoms with Gasteiger partial charge in [0.15, 0.2) is 0 Å². The molecule has 6 heteroatoms. The van der Waals surface area contributed by atoms with E-state index >= 15 is 0 Å². The summed E-state index contributed by atoms with van der Waals surface area (Å²) in [5, 5.41) is 17.9. The van der Waals surface area contributed by atoms with E-state index in [-0.39, 0.29) is 12.6 Å². The molecule has 2 amide bonds. The first-order valence-corrected chi connectivity index (χ1v) is 8.06. The fraction of sp³-hybridized carbons (Fsp3) is 0.375. The van der Waals surface area contributed by atoms with Crippen LogP contribution in [0.1, 0.15) is 25.3 Å². The summed E-state index contributed by atoms with van der Waals surface area (Å²) in [7, 11) is 0. The average molecular weight is 319 g/mol. The number of thiazole rings is 1. The fourth-order valence-corrected chi connectivity index (χ4v) is 2.52. The van der Waals surface area contributed by atoms with E-state index in [1.165, 1.54) is 0 Å². The molecule has 0 aliphatic rings. The van der Waals surface area contributed by atoms with Crippen molar-refractivity contribution in [3.63, 3.8) is 0 Å². The number of hydrogen-bond acceptors (Lipinski definition) is 4. The number of benzene rings is 1. The lowest BCUT2D eigenvalue weighted by Gasteiger charge is -2.27. The van der Waals surface area contributed by atoms with Crippen LogP contribution in [0.15, 0.2) is 29.6 Å². The van der Waals surface area contributed by atoms with E-state index < -0.39 is 5.54 Å². The van der Waals surface area contributed by atoms with Crippen molar-refractivity contribution >= 4 is 23.1 Å². The summed E-state index contributed by atoms with van der Waals surface area (Å²) in [6, 6.07) is 7.21. The van der Waals surface area contributed by atoms with Crippen molar-refractivity contribution in [3.8, 4) is 11.3 Å². The smallest absolute Gasteiger partial charge is 0.319 e. The van der Waals surface area contributed by atoms with Gasteiger partial charge in [0.25, 0.3) is 0 Å². The van der Waals surface area contributed by atoms with Crippen LogP contribution >= 0.6 is 11.3 Å². The zero-order chi connectivity index (χ0) is 16.2. The highest BCUT2D eigenvalue weighted by Crippen LogP contribution is 2.23. The van der Waals surface area contributed by atoms with Gasteiger partial charge in [-0.3, -0.25) is 0 Å². The first-order chi connectivity index (χ1) is 10.5. The molecule has 0 spiro atoms. The second-order valence-electron chi connectivity index (χ2n) is 5.48. The van der Waals surface area contributed by atoms with Gasteiger partial charge in [-0.25, -0.2) is 9.78 Å². The van der Waals surface area contributed by atoms with Gasteiger partial charge in [0.1, 0.15) is 0 Å². The second-order valence-corrected chi connectivity index (χ2v) is 6.54. The van der Waals surface area contributed by atoms with Gasteiger partial charge in [-0.1, -0.05) is 19.1 Å². The molecular weight excluding hydrogens is 298 g/mol. The van der Waals surface area contributed by atoms with Gasteiger partial charge in [0, 0.05) is 16.6 Å². The summed E-state index contributed by atoms with van der Waals surface area (Å²) in [5.41, 5.74) is 2.05. The number of rotatable bonds is 5. The summed E-state index contributed by atoms with van der Waals surface area (Å²) in [6.45, 7) is 5.60. The van der Waals surface area contributed by atoms with Gasteiger partial charge in [0.05, 0.1) is 22.8 Å². The molecule has 3 N–H and O–H groups in total. The molecule has 5 nitrogen and oxygen atoms in total. The number of nitrogens with zero attached hydrogens (tertiary/aromatic N) is 1. The van der Waals surface area contributed by atoms with E-state index in [4.69, 9.17) is 0 Å². The van der Waals surface area contributed by atoms with Crippen molar-refractivity contribution in [2.75, 3.05) is 11.9 Å². The fourth-order valence-electron chi connectivity index (χ4n) is 1.90. The Morgan fingerprint density at radius 2 is 2.05 bits per heavy atom. The predicted octanol–water partition coefficient (Wildman–Crippen LogP) is 3.40. The number of aliphatic hydroxyl groups excluding tert-OH is 1. The summed E-state index contributed by atoms with van der Waals surface area (Å²) >= 11 is 1.61. The van der Waals surface area contributed by atoms with Crippen LogP contribution in [0, 0.1) is 6.92 Å². The zero-order valence-corrected chi connectivity index (χ0v) is 13.8. The Labute approximate surface area is 134 Å². The largest absolute Gasteiger partial charge is 0.394 e. The minimum atomic E-state index is -0.609. The highest BCUT2D eigenvalue weighted by molar-refractivity contribution is 7.09. The molecule has 22 heavy (non-hydrogen) atoms. The maximum Gasteiger partial charge on any atom is 0.319 e. The first-order valence-electron chi connectivity index (χ1n) is 7.18. The highest BCUT2D eigenvalue weighted by Gasteiger charge is 2.23. The van der Waals surface area contributed by atoms with Crippen LogP contribution in [0.3, 0.4) is 0 Å². The van der Waals surface area contributed by atoms with E-state index in [1.807, 2.05) is 43.5 Å². The third-order valence-electron chi connectivity index (χ3n) is 3.60. The lowest BCUT2D eigenvalue weighted by Crippen LogP contribution is -2.50. The molecule has 0 aliphatic carbocycles. The molecule has 118 valence electrons. The van der Waals surface area contributed by atoms with Crippen LogP contribution < -0.4 is 10.6 Å². The molecule has 2 aromatic rings. The van der Waals surface area contributed by atoms with Crippen LogP contribution in [0.25, 0.3) is 11.3 Å². The number of anilines is 1. The third kappa shape index (κ3) is 4.05. The van der Waals surface area contributed by atoms with E-state index in [1.54, 1.807) is 18.3 Å². The van der Waals surface area contributed by atoms with Gasteiger partial charge in [-0.2, -0.15) is 0 Å². The molecule has 0 saturated heterocycles. The summed E-state index contributed by atoms with van der Waals surface area (Å²) in [5.74, 6) is 0. The average Bonchev–Trinajstić information content (AvgIpc) is 2.94. The number of carbonyl (C=O) groups excluding carboxylic acids is 1. The molecule has 1 unspecified atom stereocenters. The molecule has 1 aromatic carbocycles. The van der Waals surface area contributed by atoms with E-state index in [0.717, 1.165) is 16.3 Å². The number of nitrogens with one attached hydrogen (secondary N) is 2. The topological polar surface area (TPSA) is 74.2 Å². The number of aryl methyl sites for hydroxylation is 1. The normalized spacial score (nSPS) is 13.5. The number of amides is 2. The van der Waals surface area contributed by atoms with Gasteiger partial charge in [-0.15, -0.1) is 11.3 Å². The number of urea groups is 1. The Bertz CT molecular complexity index is 633. The quantitative estimate of drug-likeness (QED) is 0.790. The molecular formula is C16H21N3O2S. The van der Waals surface area contributed by atoms with Crippen molar-refractivity contribution in [1.82, 2.24) is 10.3 Å². The standard InChI is InChI=1S/C16H21N3O2S/c1-4-16(3,10-20)19-15(21)18-13-7-5-12(6-8-13)14-9-22-11(2)17-14/h5-9,20H,4,10H2,1-3H3,(H2,18,19,21). The Morgan fingerprint density at radius 3 is 2.55 bits per heavy atom. The molecule has 1 aromatic heterocycles. The number of hydrogen-bond donors (Lipinski definition) is 3. The van der Waals surface area contributed by atoms with Crippen LogP contribution in [-0.2, 0) is 0 Å². The van der Waals surface area contributed by atoms with Crippen molar-refractivity contribution in [1.29, 1.82) is 0 Å². The molecule has 0 saturated carbocycles. The van der Waals surface area contributed by atoms with Crippen LogP contribution in [0.4, 0.5) is 10.5 Å². The van der Waals surface area contributed by atoms with Crippen LogP contribution in [0.5, 0.6) is 0 Å². The van der Waals surface area contributed by atoms with Gasteiger partial charge in [-0.05, 0) is 32.4 Å². The summed E-state index contributed by atoms with van der Waals surface area (Å²) < 4.78 is 0. The molecule has 1 heterocycles. The SMILES string of the molecule is CCC(C)(CO)NC(=O)Nc1ccc(-c2csc(C)n2)cc1. The number of aliphatic hydroxyl groups is 1. The second kappa shape index (κ2) is 6.89. The monoisotopic (exact) mass is 319 g/mol. The Kier molecular flexibility index (Phi) is 5.15. The third-order valence-corrected chi connectivity index (χ3v) is 4.38. The Morgan fingerprint density at radius 1 is 1.36 bits per heavy atom. The van der Waals surface area contributed by atoms with E-state index in [9.17, 15) is 9.90 Å². The predicted molar refractivity (Wildman–Crippen MR) is 90.2 cm³/mol. The van der Waals surface area contributed by atoms with Crippen molar-refractivity contribution < 1.29 is 9.90 Å². The summed E-state index contributed by atoms with van der Waals surface area (Å²) in [6.07, 6.45) is 0.652. The minimum absolute atomic E-state index is 0.0982. The lowest BCUT2D eigenvalue weighted by atomic mass is 10.0.